The topological polar surface area (TPSA) is 98.5 Å². The van der Waals surface area contributed by atoms with E-state index in [1.807, 2.05) is 0 Å². The second-order valence-electron chi connectivity index (χ2n) is 5.50. The van der Waals surface area contributed by atoms with Crippen LogP contribution in [0.15, 0.2) is 12.2 Å². The standard InChI is InChI=1S/C10H20O4Si.C6H17NO3Si/c1-8(2)9(11)14-6-5-7-15-10(12-3)13-4;1-8-11(9-2,10-3)6-4-5-7/h10H,1,5-7,15H2,2-4H3;4-7H2,1-3H3. The second kappa shape index (κ2) is 17.8. The molecule has 0 unspecified atom stereocenters. The molecule has 156 valence electrons. The van der Waals surface area contributed by atoms with Gasteiger partial charge >= 0.3 is 14.8 Å². The summed E-state index contributed by atoms with van der Waals surface area (Å²) >= 11 is 0. The molecular weight excluding hydrogens is 374 g/mol. The molecule has 26 heavy (non-hydrogen) atoms. The quantitative estimate of drug-likeness (QED) is 0.148. The number of ether oxygens (including phenoxy) is 3. The van der Waals surface area contributed by atoms with Crippen molar-refractivity contribution in [3.63, 3.8) is 0 Å². The Kier molecular flexibility index (Phi) is 18.9. The predicted octanol–water partition coefficient (Wildman–Crippen LogP) is 0.873. The van der Waals surface area contributed by atoms with Crippen molar-refractivity contribution in [2.45, 2.75) is 37.8 Å². The molecule has 0 radical (unpaired) electrons. The Labute approximate surface area is 161 Å². The maximum atomic E-state index is 11.0. The molecule has 0 heterocycles. The maximum absolute atomic E-state index is 11.0. The Bertz CT molecular complexity index is 356. The smallest absolute Gasteiger partial charge is 0.462 e. The molecule has 0 atom stereocenters. The predicted molar refractivity (Wildman–Crippen MR) is 107 cm³/mol. The summed E-state index contributed by atoms with van der Waals surface area (Å²) in [5, 5.41) is 0. The Hall–Kier alpha value is -0.596. The number of carbonyl (C=O) groups is 1. The lowest BCUT2D eigenvalue weighted by Crippen LogP contribution is -2.42. The van der Waals surface area contributed by atoms with Crippen LogP contribution in [0.25, 0.3) is 0 Å². The van der Waals surface area contributed by atoms with E-state index in [0.717, 1.165) is 24.9 Å². The van der Waals surface area contributed by atoms with Crippen LogP contribution in [-0.2, 0) is 32.3 Å². The molecule has 0 aromatic carbocycles. The van der Waals surface area contributed by atoms with Crippen molar-refractivity contribution in [3.8, 4) is 0 Å². The summed E-state index contributed by atoms with van der Waals surface area (Å²) in [5.41, 5.74) is 5.80. The lowest BCUT2D eigenvalue weighted by molar-refractivity contribution is -0.138. The van der Waals surface area contributed by atoms with E-state index in [4.69, 9.17) is 33.2 Å². The minimum Gasteiger partial charge on any atom is -0.462 e. The summed E-state index contributed by atoms with van der Waals surface area (Å²) in [6.45, 7) is 6.25. The molecule has 0 bridgehead atoms. The summed E-state index contributed by atoms with van der Waals surface area (Å²) in [4.78, 5) is 11.0. The van der Waals surface area contributed by atoms with E-state index in [-0.39, 0.29) is 11.9 Å². The highest BCUT2D eigenvalue weighted by Gasteiger charge is 2.36. The second-order valence-corrected chi connectivity index (χ2v) is 10.5. The first-order chi connectivity index (χ1) is 12.4. The minimum absolute atomic E-state index is 0.0261. The lowest BCUT2D eigenvalue weighted by Gasteiger charge is -2.23. The molecular formula is C16H37NO7Si2. The molecule has 0 aliphatic rings. The first kappa shape index (κ1) is 27.6. The molecule has 0 aromatic rings. The van der Waals surface area contributed by atoms with Crippen LogP contribution in [-0.4, -0.2) is 78.9 Å². The van der Waals surface area contributed by atoms with Crippen molar-refractivity contribution in [1.29, 1.82) is 0 Å². The molecule has 10 heteroatoms. The Morgan fingerprint density at radius 1 is 1.08 bits per heavy atom. The van der Waals surface area contributed by atoms with Crippen molar-refractivity contribution in [2.24, 2.45) is 5.73 Å². The van der Waals surface area contributed by atoms with E-state index in [2.05, 4.69) is 6.58 Å². The molecule has 0 saturated carbocycles. The number of nitrogens with two attached hydrogens (primary N) is 1. The summed E-state index contributed by atoms with van der Waals surface area (Å²) in [7, 11) is 5.39. The van der Waals surface area contributed by atoms with Gasteiger partial charge in [0.25, 0.3) is 0 Å². The fraction of sp³-hybridized carbons (Fsp3) is 0.812. The summed E-state index contributed by atoms with van der Waals surface area (Å²) in [5.74, 6) is -0.339. The zero-order chi connectivity index (χ0) is 20.4. The van der Waals surface area contributed by atoms with Crippen LogP contribution >= 0.6 is 0 Å². The first-order valence-electron chi connectivity index (χ1n) is 8.60. The number of rotatable bonds is 14. The highest BCUT2D eigenvalue weighted by Crippen LogP contribution is 2.13. The lowest BCUT2D eigenvalue weighted by atomic mass is 10.4. The van der Waals surface area contributed by atoms with E-state index in [0.29, 0.717) is 18.7 Å². The van der Waals surface area contributed by atoms with E-state index < -0.39 is 18.3 Å². The van der Waals surface area contributed by atoms with Gasteiger partial charge in [-0.3, -0.25) is 0 Å². The molecule has 8 nitrogen and oxygen atoms in total. The van der Waals surface area contributed by atoms with Crippen LogP contribution in [0.2, 0.25) is 12.1 Å². The zero-order valence-corrected chi connectivity index (χ0v) is 19.6. The number of carbonyl (C=O) groups excluding carboxylic acids is 1. The van der Waals surface area contributed by atoms with E-state index >= 15 is 0 Å². The van der Waals surface area contributed by atoms with E-state index in [9.17, 15) is 4.79 Å². The Balaban J connectivity index is 0. The van der Waals surface area contributed by atoms with Crippen LogP contribution < -0.4 is 5.73 Å². The molecule has 0 saturated heterocycles. The van der Waals surface area contributed by atoms with E-state index in [1.165, 1.54) is 0 Å². The number of methoxy groups -OCH3 is 2. The summed E-state index contributed by atoms with van der Waals surface area (Å²) in [6, 6.07) is 1.82. The van der Waals surface area contributed by atoms with Crippen LogP contribution in [0, 0.1) is 0 Å². The monoisotopic (exact) mass is 411 g/mol. The van der Waals surface area contributed by atoms with Gasteiger partial charge in [-0.1, -0.05) is 12.6 Å². The van der Waals surface area contributed by atoms with Crippen LogP contribution in [0.5, 0.6) is 0 Å². The van der Waals surface area contributed by atoms with Gasteiger partial charge in [-0.05, 0) is 26.3 Å². The minimum atomic E-state index is -2.32. The normalized spacial score (nSPS) is 11.5. The molecule has 0 fully saturated rings. The van der Waals surface area contributed by atoms with Crippen LogP contribution in [0.1, 0.15) is 19.8 Å². The van der Waals surface area contributed by atoms with Crippen molar-refractivity contribution in [2.75, 3.05) is 48.7 Å². The van der Waals surface area contributed by atoms with Gasteiger partial charge in [-0.2, -0.15) is 0 Å². The van der Waals surface area contributed by atoms with Crippen LogP contribution in [0.4, 0.5) is 0 Å². The third-order valence-electron chi connectivity index (χ3n) is 3.56. The van der Waals surface area contributed by atoms with Gasteiger partial charge in [0.05, 0.1) is 16.1 Å². The van der Waals surface area contributed by atoms with Gasteiger partial charge in [0, 0.05) is 47.2 Å². The molecule has 0 aromatic heterocycles. The maximum Gasteiger partial charge on any atom is 0.500 e. The van der Waals surface area contributed by atoms with Gasteiger partial charge in [0.15, 0.2) is 0 Å². The molecule has 0 amide bonds. The molecule has 2 N–H and O–H groups in total. The van der Waals surface area contributed by atoms with Crippen molar-refractivity contribution in [3.05, 3.63) is 12.2 Å². The van der Waals surface area contributed by atoms with Gasteiger partial charge in [0.2, 0.25) is 0 Å². The molecule has 0 aliphatic heterocycles. The number of esters is 1. The first-order valence-corrected chi connectivity index (χ1v) is 12.3. The third kappa shape index (κ3) is 13.6. The SMILES string of the molecule is C=C(C)C(=O)OCCC[SiH2]C(OC)OC.CO[Si](CCCN)(OC)OC. The number of hydrogen-bond acceptors (Lipinski definition) is 8. The average molecular weight is 412 g/mol. The Morgan fingerprint density at radius 2 is 1.62 bits per heavy atom. The average Bonchev–Trinajstić information content (AvgIpc) is 2.66. The van der Waals surface area contributed by atoms with Crippen molar-refractivity contribution >= 4 is 24.3 Å². The van der Waals surface area contributed by atoms with E-state index in [1.54, 1.807) is 42.5 Å². The zero-order valence-electron chi connectivity index (χ0n) is 17.2. The van der Waals surface area contributed by atoms with Crippen LogP contribution in [0.3, 0.4) is 0 Å². The van der Waals surface area contributed by atoms with Crippen molar-refractivity contribution < 1.29 is 32.3 Å². The van der Waals surface area contributed by atoms with Crippen molar-refractivity contribution in [1.82, 2.24) is 0 Å². The summed E-state index contributed by atoms with van der Waals surface area (Å²) < 4.78 is 30.7. The van der Waals surface area contributed by atoms with Gasteiger partial charge in [0.1, 0.15) is 5.91 Å². The number of hydrogen-bond donors (Lipinski definition) is 1. The molecule has 0 spiro atoms. The summed E-state index contributed by atoms with van der Waals surface area (Å²) in [6.07, 6.45) is 1.75. The third-order valence-corrected chi connectivity index (χ3v) is 8.44. The fourth-order valence-corrected chi connectivity index (χ4v) is 4.95. The Morgan fingerprint density at radius 3 is 2.00 bits per heavy atom. The van der Waals surface area contributed by atoms with Gasteiger partial charge in [-0.25, -0.2) is 4.79 Å². The largest absolute Gasteiger partial charge is 0.500 e. The highest BCUT2D eigenvalue weighted by molar-refractivity contribution is 6.60. The highest BCUT2D eigenvalue weighted by atomic mass is 28.4. The van der Waals surface area contributed by atoms with Gasteiger partial charge in [-0.15, -0.1) is 0 Å². The fourth-order valence-electron chi connectivity index (χ4n) is 1.91. The van der Waals surface area contributed by atoms with Gasteiger partial charge < -0.3 is 33.2 Å². The molecule has 0 rings (SSSR count). The molecule has 0 aliphatic carbocycles.